The highest BCUT2D eigenvalue weighted by Crippen LogP contribution is 2.33. The summed E-state index contributed by atoms with van der Waals surface area (Å²) in [6.07, 6.45) is 3.45. The Hall–Kier alpha value is -2.75. The molecule has 0 saturated carbocycles. The van der Waals surface area contributed by atoms with E-state index < -0.39 is 5.91 Å². The van der Waals surface area contributed by atoms with Crippen LogP contribution in [0.1, 0.15) is 12.8 Å². The highest BCUT2D eigenvalue weighted by molar-refractivity contribution is 7.99. The first-order chi connectivity index (χ1) is 13.3. The maximum Gasteiger partial charge on any atom is 0.263 e. The van der Waals surface area contributed by atoms with Gasteiger partial charge in [0, 0.05) is 29.1 Å². The van der Waals surface area contributed by atoms with Crippen molar-refractivity contribution in [2.45, 2.75) is 28.7 Å². The molecule has 0 bridgehead atoms. The number of para-hydroxylation sites is 1. The zero-order valence-electron chi connectivity index (χ0n) is 14.9. The fourth-order valence-electron chi connectivity index (χ4n) is 2.70. The average molecular weight is 379 g/mol. The Balaban J connectivity index is 1.64. The second kappa shape index (κ2) is 9.81. The first kappa shape index (κ1) is 19.0. The van der Waals surface area contributed by atoms with Crippen LogP contribution in [0, 0.1) is 11.3 Å². The molecule has 1 aliphatic heterocycles. The monoisotopic (exact) mass is 379 g/mol. The van der Waals surface area contributed by atoms with E-state index in [0.717, 1.165) is 34.9 Å². The molecule has 0 aliphatic carbocycles. The molecular formula is C21H21N3O2S. The van der Waals surface area contributed by atoms with Gasteiger partial charge in [-0.15, -0.1) is 0 Å². The zero-order chi connectivity index (χ0) is 18.9. The van der Waals surface area contributed by atoms with Gasteiger partial charge in [-0.2, -0.15) is 5.26 Å². The molecule has 1 heterocycles. The summed E-state index contributed by atoms with van der Waals surface area (Å²) in [4.78, 5) is 14.4. The van der Waals surface area contributed by atoms with Gasteiger partial charge < -0.3 is 15.4 Å². The third kappa shape index (κ3) is 5.61. The number of hydrogen-bond donors (Lipinski definition) is 2. The summed E-state index contributed by atoms with van der Waals surface area (Å²) in [5.74, 6) is -0.395. The van der Waals surface area contributed by atoms with Gasteiger partial charge in [0.05, 0.1) is 11.8 Å². The van der Waals surface area contributed by atoms with E-state index in [0.29, 0.717) is 6.54 Å². The molecule has 1 aliphatic rings. The van der Waals surface area contributed by atoms with E-state index in [2.05, 4.69) is 10.6 Å². The van der Waals surface area contributed by atoms with Gasteiger partial charge in [0.15, 0.2) is 0 Å². The minimum absolute atomic E-state index is 0.0347. The normalized spacial score (nSPS) is 16.6. The van der Waals surface area contributed by atoms with Crippen molar-refractivity contribution < 1.29 is 9.53 Å². The molecule has 6 heteroatoms. The second-order valence-electron chi connectivity index (χ2n) is 6.07. The highest BCUT2D eigenvalue weighted by atomic mass is 32.2. The summed E-state index contributed by atoms with van der Waals surface area (Å²) in [6, 6.07) is 19.8. The standard InChI is InChI=1S/C21H21N3O2S/c22-13-16(21(25)24-15-17-7-6-12-26-17)14-23-19-10-4-5-11-20(19)27-18-8-2-1-3-9-18/h1-5,8-11,14,17,23H,6-7,12,15H2,(H,24,25)/b16-14-. The summed E-state index contributed by atoms with van der Waals surface area (Å²) in [5.41, 5.74) is 0.874. The summed E-state index contributed by atoms with van der Waals surface area (Å²) in [5, 5.41) is 15.2. The van der Waals surface area contributed by atoms with E-state index in [1.54, 1.807) is 11.8 Å². The van der Waals surface area contributed by atoms with Crippen molar-refractivity contribution in [1.82, 2.24) is 5.32 Å². The molecule has 138 valence electrons. The molecule has 3 rings (SSSR count). The van der Waals surface area contributed by atoms with Crippen LogP contribution in [-0.4, -0.2) is 25.2 Å². The van der Waals surface area contributed by atoms with Gasteiger partial charge in [0.25, 0.3) is 5.91 Å². The lowest BCUT2D eigenvalue weighted by atomic mass is 10.2. The van der Waals surface area contributed by atoms with Crippen LogP contribution in [0.5, 0.6) is 0 Å². The van der Waals surface area contributed by atoms with Crippen molar-refractivity contribution in [2.75, 3.05) is 18.5 Å². The molecule has 2 aromatic carbocycles. The lowest BCUT2D eigenvalue weighted by Gasteiger charge is -2.11. The number of nitrogens with one attached hydrogen (secondary N) is 2. The largest absolute Gasteiger partial charge is 0.376 e. The first-order valence-corrected chi connectivity index (χ1v) is 9.66. The molecule has 0 aromatic heterocycles. The number of ether oxygens (including phenoxy) is 1. The molecule has 2 N–H and O–H groups in total. The first-order valence-electron chi connectivity index (χ1n) is 8.85. The minimum Gasteiger partial charge on any atom is -0.376 e. The lowest BCUT2D eigenvalue weighted by molar-refractivity contribution is -0.117. The number of amides is 1. The summed E-state index contributed by atoms with van der Waals surface area (Å²) < 4.78 is 5.48. The quantitative estimate of drug-likeness (QED) is 0.563. The van der Waals surface area contributed by atoms with Crippen molar-refractivity contribution in [3.63, 3.8) is 0 Å². The number of carbonyl (C=O) groups excluding carboxylic acids is 1. The van der Waals surface area contributed by atoms with Crippen molar-refractivity contribution in [3.8, 4) is 6.07 Å². The van der Waals surface area contributed by atoms with Crippen LogP contribution in [0.2, 0.25) is 0 Å². The van der Waals surface area contributed by atoms with Crippen molar-refractivity contribution >= 4 is 23.4 Å². The van der Waals surface area contributed by atoms with Crippen LogP contribution < -0.4 is 10.6 Å². The Labute approximate surface area is 163 Å². The van der Waals surface area contributed by atoms with Crippen LogP contribution in [-0.2, 0) is 9.53 Å². The number of rotatable bonds is 7. The van der Waals surface area contributed by atoms with Gasteiger partial charge in [0.2, 0.25) is 0 Å². The smallest absolute Gasteiger partial charge is 0.263 e. The zero-order valence-corrected chi connectivity index (χ0v) is 15.7. The van der Waals surface area contributed by atoms with Crippen molar-refractivity contribution in [1.29, 1.82) is 5.26 Å². The Morgan fingerprint density at radius 2 is 2.00 bits per heavy atom. The van der Waals surface area contributed by atoms with Gasteiger partial charge in [0.1, 0.15) is 11.6 Å². The molecule has 1 fully saturated rings. The maximum absolute atomic E-state index is 12.2. The third-order valence-electron chi connectivity index (χ3n) is 4.11. The van der Waals surface area contributed by atoms with Crippen molar-refractivity contribution in [3.05, 3.63) is 66.4 Å². The summed E-state index contributed by atoms with van der Waals surface area (Å²) in [6.45, 7) is 1.16. The number of anilines is 1. The van der Waals surface area contributed by atoms with Gasteiger partial charge >= 0.3 is 0 Å². The Morgan fingerprint density at radius 1 is 1.22 bits per heavy atom. The predicted octanol–water partition coefficient (Wildman–Crippen LogP) is 3.95. The summed E-state index contributed by atoms with van der Waals surface area (Å²) in [7, 11) is 0. The Kier molecular flexibility index (Phi) is 6.91. The van der Waals surface area contributed by atoms with E-state index >= 15 is 0 Å². The fourth-order valence-corrected chi connectivity index (χ4v) is 3.63. The SMILES string of the molecule is N#C/C(=C/Nc1ccccc1Sc1ccccc1)C(=O)NCC1CCCO1. The van der Waals surface area contributed by atoms with Gasteiger partial charge in [-0.25, -0.2) is 0 Å². The molecule has 1 unspecified atom stereocenters. The van der Waals surface area contributed by atoms with Crippen LogP contribution in [0.25, 0.3) is 0 Å². The molecule has 0 spiro atoms. The number of nitriles is 1. The molecule has 1 amide bonds. The van der Waals surface area contributed by atoms with E-state index in [-0.39, 0.29) is 11.7 Å². The summed E-state index contributed by atoms with van der Waals surface area (Å²) >= 11 is 1.62. The number of hydrogen-bond acceptors (Lipinski definition) is 5. The van der Waals surface area contributed by atoms with Gasteiger partial charge in [-0.1, -0.05) is 42.1 Å². The molecule has 1 saturated heterocycles. The number of carbonyl (C=O) groups is 1. The van der Waals surface area contributed by atoms with E-state index in [1.165, 1.54) is 6.20 Å². The lowest BCUT2D eigenvalue weighted by Crippen LogP contribution is -2.32. The van der Waals surface area contributed by atoms with Crippen LogP contribution >= 0.6 is 11.8 Å². The van der Waals surface area contributed by atoms with E-state index in [4.69, 9.17) is 4.74 Å². The van der Waals surface area contributed by atoms with Crippen LogP contribution in [0.4, 0.5) is 5.69 Å². The van der Waals surface area contributed by atoms with Crippen LogP contribution in [0.15, 0.2) is 76.2 Å². The fraction of sp³-hybridized carbons (Fsp3) is 0.238. The maximum atomic E-state index is 12.2. The molecule has 5 nitrogen and oxygen atoms in total. The third-order valence-corrected chi connectivity index (χ3v) is 5.19. The van der Waals surface area contributed by atoms with E-state index in [1.807, 2.05) is 60.7 Å². The van der Waals surface area contributed by atoms with Crippen LogP contribution in [0.3, 0.4) is 0 Å². The molecule has 2 aromatic rings. The van der Waals surface area contributed by atoms with Crippen molar-refractivity contribution in [2.24, 2.45) is 0 Å². The molecule has 0 radical (unpaired) electrons. The Morgan fingerprint density at radius 3 is 2.74 bits per heavy atom. The number of benzene rings is 2. The molecular weight excluding hydrogens is 358 g/mol. The second-order valence-corrected chi connectivity index (χ2v) is 7.19. The number of nitrogens with zero attached hydrogens (tertiary/aromatic N) is 1. The van der Waals surface area contributed by atoms with E-state index in [9.17, 15) is 10.1 Å². The van der Waals surface area contributed by atoms with Gasteiger partial charge in [-0.05, 0) is 37.1 Å². The molecule has 27 heavy (non-hydrogen) atoms. The topological polar surface area (TPSA) is 74.2 Å². The minimum atomic E-state index is -0.395. The average Bonchev–Trinajstić information content (AvgIpc) is 3.22. The predicted molar refractivity (Wildman–Crippen MR) is 106 cm³/mol. The Bertz CT molecular complexity index is 840. The highest BCUT2D eigenvalue weighted by Gasteiger charge is 2.17. The molecule has 1 atom stereocenters. The van der Waals surface area contributed by atoms with Gasteiger partial charge in [-0.3, -0.25) is 4.79 Å².